The lowest BCUT2D eigenvalue weighted by atomic mass is 10.1. The third kappa shape index (κ3) is 2.30. The minimum atomic E-state index is -0.783. The van der Waals surface area contributed by atoms with Gasteiger partial charge >= 0.3 is 5.97 Å². The van der Waals surface area contributed by atoms with Crippen molar-refractivity contribution in [2.24, 2.45) is 0 Å². The van der Waals surface area contributed by atoms with Gasteiger partial charge in [0.2, 0.25) is 0 Å². The number of carboxylic acid groups (broad SMARTS) is 1. The molecule has 84 valence electrons. The minimum Gasteiger partial charge on any atom is -0.481 e. The van der Waals surface area contributed by atoms with Crippen LogP contribution in [0.1, 0.15) is 18.4 Å². The van der Waals surface area contributed by atoms with Crippen molar-refractivity contribution in [1.82, 2.24) is 4.37 Å². The van der Waals surface area contributed by atoms with Gasteiger partial charge in [0.1, 0.15) is 0 Å². The molecule has 0 fully saturated rings. The monoisotopic (exact) mass is 237 g/mol. The van der Waals surface area contributed by atoms with E-state index in [1.54, 1.807) is 0 Å². The van der Waals surface area contributed by atoms with Gasteiger partial charge in [0.25, 0.3) is 5.56 Å². The predicted molar refractivity (Wildman–Crippen MR) is 63.0 cm³/mol. The predicted octanol–water partition coefficient (Wildman–Crippen LogP) is 2.00. The number of H-pyrrole nitrogens is 1. The Morgan fingerprint density at radius 1 is 1.44 bits per heavy atom. The van der Waals surface area contributed by atoms with Crippen molar-refractivity contribution in [1.29, 1.82) is 0 Å². The molecule has 1 heterocycles. The molecule has 0 unspecified atom stereocenters. The summed E-state index contributed by atoms with van der Waals surface area (Å²) >= 11 is 1.32. The van der Waals surface area contributed by atoms with Gasteiger partial charge in [0, 0.05) is 6.42 Å². The number of hydrogen-bond acceptors (Lipinski definition) is 3. The van der Waals surface area contributed by atoms with Gasteiger partial charge in [-0.25, -0.2) is 0 Å². The number of carbonyl (C=O) groups is 1. The third-order valence-electron chi connectivity index (χ3n) is 2.40. The van der Waals surface area contributed by atoms with Crippen molar-refractivity contribution in [3.8, 4) is 0 Å². The molecule has 0 aliphatic heterocycles. The van der Waals surface area contributed by atoms with Crippen LogP contribution >= 0.6 is 11.5 Å². The lowest BCUT2D eigenvalue weighted by Crippen LogP contribution is -1.98. The van der Waals surface area contributed by atoms with E-state index in [-0.39, 0.29) is 12.0 Å². The van der Waals surface area contributed by atoms with Crippen LogP contribution in [0.2, 0.25) is 0 Å². The van der Waals surface area contributed by atoms with Crippen molar-refractivity contribution in [2.45, 2.75) is 19.3 Å². The second-order valence-corrected chi connectivity index (χ2v) is 4.46. The fourth-order valence-electron chi connectivity index (χ4n) is 1.60. The number of nitrogens with one attached hydrogen (secondary N) is 1. The first-order valence-corrected chi connectivity index (χ1v) is 5.80. The largest absolute Gasteiger partial charge is 0.481 e. The van der Waals surface area contributed by atoms with Gasteiger partial charge < -0.3 is 5.11 Å². The summed E-state index contributed by atoms with van der Waals surface area (Å²) in [6, 6.07) is 5.68. The van der Waals surface area contributed by atoms with E-state index in [4.69, 9.17) is 5.11 Å². The van der Waals surface area contributed by atoms with E-state index in [2.05, 4.69) is 4.37 Å². The second-order valence-electron chi connectivity index (χ2n) is 3.61. The number of hydrogen-bond donors (Lipinski definition) is 2. The Bertz CT molecular complexity index is 570. The Morgan fingerprint density at radius 2 is 2.25 bits per heavy atom. The van der Waals surface area contributed by atoms with Crippen molar-refractivity contribution in [2.75, 3.05) is 0 Å². The average molecular weight is 237 g/mol. The highest BCUT2D eigenvalue weighted by Crippen LogP contribution is 2.17. The Labute approximate surface area is 95.7 Å². The van der Waals surface area contributed by atoms with Gasteiger partial charge in [0.15, 0.2) is 0 Å². The minimum absolute atomic E-state index is 0.0694. The van der Waals surface area contributed by atoms with Crippen LogP contribution in [-0.2, 0) is 11.2 Å². The number of aryl methyl sites for hydroxylation is 1. The molecule has 0 aliphatic carbocycles. The highest BCUT2D eigenvalue weighted by atomic mass is 32.1. The van der Waals surface area contributed by atoms with E-state index < -0.39 is 5.97 Å². The van der Waals surface area contributed by atoms with E-state index in [9.17, 15) is 9.59 Å². The Morgan fingerprint density at radius 3 is 3.00 bits per heavy atom. The number of rotatable bonds is 4. The zero-order chi connectivity index (χ0) is 11.5. The van der Waals surface area contributed by atoms with Gasteiger partial charge in [-0.1, -0.05) is 17.6 Å². The molecule has 2 rings (SSSR count). The van der Waals surface area contributed by atoms with Crippen LogP contribution in [0.4, 0.5) is 0 Å². The van der Waals surface area contributed by atoms with Crippen molar-refractivity contribution < 1.29 is 9.90 Å². The number of fused-ring (bicyclic) bond motifs is 1. The molecule has 0 atom stereocenters. The molecular formula is C11H11NO3S. The first kappa shape index (κ1) is 10.9. The maximum Gasteiger partial charge on any atom is 0.303 e. The molecule has 0 aliphatic rings. The quantitative estimate of drug-likeness (QED) is 0.854. The van der Waals surface area contributed by atoms with Crippen LogP contribution in [-0.4, -0.2) is 15.4 Å². The summed E-state index contributed by atoms with van der Waals surface area (Å²) in [5, 5.41) is 9.21. The van der Waals surface area contributed by atoms with E-state index >= 15 is 0 Å². The lowest BCUT2D eigenvalue weighted by molar-refractivity contribution is -0.137. The smallest absolute Gasteiger partial charge is 0.303 e. The zero-order valence-corrected chi connectivity index (χ0v) is 9.34. The summed E-state index contributed by atoms with van der Waals surface area (Å²) in [5.74, 6) is -0.783. The molecule has 1 aromatic heterocycles. The van der Waals surface area contributed by atoms with Crippen LogP contribution < -0.4 is 5.56 Å². The van der Waals surface area contributed by atoms with Crippen LogP contribution in [0.5, 0.6) is 0 Å². The van der Waals surface area contributed by atoms with Gasteiger partial charge in [-0.15, -0.1) is 0 Å². The first-order valence-electron chi connectivity index (χ1n) is 4.99. The molecule has 2 N–H and O–H groups in total. The fourth-order valence-corrected chi connectivity index (χ4v) is 2.31. The summed E-state index contributed by atoms with van der Waals surface area (Å²) < 4.78 is 3.61. The molecule has 1 aromatic carbocycles. The number of aromatic amines is 1. The fraction of sp³-hybridized carbons (Fsp3) is 0.273. The maximum atomic E-state index is 11.4. The van der Waals surface area contributed by atoms with Crippen LogP contribution in [0, 0.1) is 0 Å². The summed E-state index contributed by atoms with van der Waals surface area (Å²) in [6.45, 7) is 0. The zero-order valence-electron chi connectivity index (χ0n) is 8.53. The summed E-state index contributed by atoms with van der Waals surface area (Å²) in [6.07, 6.45) is 1.46. The molecule has 16 heavy (non-hydrogen) atoms. The highest BCUT2D eigenvalue weighted by Gasteiger charge is 2.03. The Kier molecular flexibility index (Phi) is 3.05. The highest BCUT2D eigenvalue weighted by molar-refractivity contribution is 7.13. The summed E-state index contributed by atoms with van der Waals surface area (Å²) in [7, 11) is 0. The second kappa shape index (κ2) is 4.49. The standard InChI is InChI=1S/C11H11NO3S/c13-10(14)3-1-2-7-4-5-9-8(6-7)11(15)12-16-9/h4-6H,1-3H2,(H,12,15)(H,13,14). The molecule has 5 heteroatoms. The van der Waals surface area contributed by atoms with Gasteiger partial charge in [-0.2, -0.15) is 0 Å². The number of aliphatic carboxylic acids is 1. The topological polar surface area (TPSA) is 70.2 Å². The van der Waals surface area contributed by atoms with Gasteiger partial charge in [-0.05, 0) is 30.5 Å². The van der Waals surface area contributed by atoms with E-state index in [0.717, 1.165) is 10.3 Å². The molecule has 4 nitrogen and oxygen atoms in total. The number of aromatic nitrogens is 1. The van der Waals surface area contributed by atoms with Gasteiger partial charge in [-0.3, -0.25) is 14.0 Å². The lowest BCUT2D eigenvalue weighted by Gasteiger charge is -1.99. The maximum absolute atomic E-state index is 11.4. The van der Waals surface area contributed by atoms with Crippen LogP contribution in [0.15, 0.2) is 23.0 Å². The van der Waals surface area contributed by atoms with Crippen molar-refractivity contribution in [3.05, 3.63) is 34.1 Å². The molecule has 0 radical (unpaired) electrons. The summed E-state index contributed by atoms with van der Waals surface area (Å²) in [5.41, 5.74) is 0.942. The normalized spacial score (nSPS) is 10.8. The first-order chi connectivity index (χ1) is 7.66. The molecular weight excluding hydrogens is 226 g/mol. The SMILES string of the molecule is O=C(O)CCCc1ccc2s[nH]c(=O)c2c1. The van der Waals surface area contributed by atoms with Gasteiger partial charge in [0.05, 0.1) is 10.1 Å². The van der Waals surface area contributed by atoms with Crippen molar-refractivity contribution in [3.63, 3.8) is 0 Å². The molecule has 0 saturated heterocycles. The molecule has 0 amide bonds. The average Bonchev–Trinajstić information content (AvgIpc) is 2.60. The number of carboxylic acids is 1. The molecule has 2 aromatic rings. The number of benzene rings is 1. The molecule has 0 spiro atoms. The Hall–Kier alpha value is -1.62. The molecule has 0 bridgehead atoms. The van der Waals surface area contributed by atoms with Crippen LogP contribution in [0.3, 0.4) is 0 Å². The van der Waals surface area contributed by atoms with E-state index in [1.807, 2.05) is 18.2 Å². The third-order valence-corrected chi connectivity index (χ3v) is 3.26. The summed E-state index contributed by atoms with van der Waals surface area (Å²) in [4.78, 5) is 21.7. The van der Waals surface area contributed by atoms with E-state index in [1.165, 1.54) is 11.5 Å². The molecule has 0 saturated carbocycles. The van der Waals surface area contributed by atoms with E-state index in [0.29, 0.717) is 18.2 Å². The van der Waals surface area contributed by atoms with Crippen LogP contribution in [0.25, 0.3) is 10.1 Å². The van der Waals surface area contributed by atoms with Crippen molar-refractivity contribution >= 4 is 27.6 Å². The Balaban J connectivity index is 2.16.